The molecule has 0 radical (unpaired) electrons. The molecular formula is C26H31N5O3. The first-order valence-corrected chi connectivity index (χ1v) is 11.9. The first-order valence-electron chi connectivity index (χ1n) is 11.9. The van der Waals surface area contributed by atoms with Crippen LogP contribution in [0.15, 0.2) is 57.6 Å². The van der Waals surface area contributed by atoms with E-state index in [-0.39, 0.29) is 23.6 Å². The summed E-state index contributed by atoms with van der Waals surface area (Å²) in [4.78, 5) is 21.6. The zero-order valence-electron chi connectivity index (χ0n) is 19.7. The zero-order valence-corrected chi connectivity index (χ0v) is 19.7. The normalized spacial score (nSPS) is 15.3. The number of nitriles is 1. The number of carbonyl (C=O) groups is 1. The summed E-state index contributed by atoms with van der Waals surface area (Å²) in [7, 11) is 0. The van der Waals surface area contributed by atoms with Crippen LogP contribution in [0.25, 0.3) is 11.7 Å². The van der Waals surface area contributed by atoms with Crippen LogP contribution in [0.3, 0.4) is 0 Å². The Morgan fingerprint density at radius 1 is 1.21 bits per heavy atom. The van der Waals surface area contributed by atoms with E-state index < -0.39 is 0 Å². The van der Waals surface area contributed by atoms with Gasteiger partial charge in [0.25, 0.3) is 5.89 Å². The van der Waals surface area contributed by atoms with Gasteiger partial charge >= 0.3 is 0 Å². The fraction of sp³-hybridized carbons (Fsp3) is 0.423. The number of furan rings is 1. The third-order valence-electron chi connectivity index (χ3n) is 6.51. The van der Waals surface area contributed by atoms with E-state index in [2.05, 4.69) is 47.3 Å². The van der Waals surface area contributed by atoms with Gasteiger partial charge in [-0.3, -0.25) is 9.69 Å². The van der Waals surface area contributed by atoms with Crippen molar-refractivity contribution >= 4 is 11.8 Å². The number of carbonyl (C=O) groups excluding carboxylic acids is 1. The molecule has 1 N–H and O–H groups in total. The lowest BCUT2D eigenvalue weighted by Crippen LogP contribution is -2.43. The van der Waals surface area contributed by atoms with Gasteiger partial charge in [-0.25, -0.2) is 0 Å². The Labute approximate surface area is 200 Å². The molecule has 0 bridgehead atoms. The molecule has 0 aliphatic carbocycles. The fourth-order valence-corrected chi connectivity index (χ4v) is 4.59. The van der Waals surface area contributed by atoms with Crippen LogP contribution in [0.5, 0.6) is 0 Å². The molecule has 0 saturated carbocycles. The lowest BCUT2D eigenvalue weighted by atomic mass is 9.95. The van der Waals surface area contributed by atoms with Gasteiger partial charge < -0.3 is 19.1 Å². The van der Waals surface area contributed by atoms with E-state index in [1.54, 1.807) is 12.1 Å². The first kappa shape index (κ1) is 23.6. The Balaban J connectivity index is 1.36. The van der Waals surface area contributed by atoms with Gasteiger partial charge in [-0.05, 0) is 43.6 Å². The predicted octanol–water partition coefficient (Wildman–Crippen LogP) is 4.22. The Hall–Kier alpha value is -3.57. The third-order valence-corrected chi connectivity index (χ3v) is 6.51. The largest absolute Gasteiger partial charge is 0.459 e. The third kappa shape index (κ3) is 5.15. The number of aromatic nitrogens is 1. The van der Waals surface area contributed by atoms with Gasteiger partial charge in [0.05, 0.1) is 12.3 Å². The van der Waals surface area contributed by atoms with Crippen molar-refractivity contribution in [3.05, 3.63) is 60.0 Å². The Morgan fingerprint density at radius 3 is 2.56 bits per heavy atom. The second-order valence-electron chi connectivity index (χ2n) is 8.42. The highest BCUT2D eigenvalue weighted by molar-refractivity contribution is 5.79. The molecular weight excluding hydrogens is 430 g/mol. The molecule has 1 aliphatic heterocycles. The highest BCUT2D eigenvalue weighted by atomic mass is 16.4. The topological polar surface area (TPSA) is 98.5 Å². The van der Waals surface area contributed by atoms with Gasteiger partial charge in [-0.1, -0.05) is 44.2 Å². The van der Waals surface area contributed by atoms with Crippen molar-refractivity contribution in [2.24, 2.45) is 5.92 Å². The number of oxazole rings is 1. The molecule has 8 heteroatoms. The number of anilines is 1. The number of nitrogens with one attached hydrogen (secondary N) is 1. The molecule has 1 fully saturated rings. The maximum atomic E-state index is 13.0. The molecule has 0 spiro atoms. The average Bonchev–Trinajstić information content (AvgIpc) is 3.57. The minimum atomic E-state index is -0.0672. The first-order chi connectivity index (χ1) is 16.6. The number of amides is 1. The van der Waals surface area contributed by atoms with Gasteiger partial charge in [0.2, 0.25) is 17.5 Å². The maximum Gasteiger partial charge on any atom is 0.266 e. The number of benzene rings is 1. The number of nitrogens with zero attached hydrogens (tertiary/aromatic N) is 4. The molecule has 8 nitrogen and oxygen atoms in total. The summed E-state index contributed by atoms with van der Waals surface area (Å²) < 4.78 is 11.2. The number of rotatable bonds is 9. The second-order valence-corrected chi connectivity index (χ2v) is 8.42. The van der Waals surface area contributed by atoms with Crippen LogP contribution < -0.4 is 10.2 Å². The van der Waals surface area contributed by atoms with Crippen molar-refractivity contribution in [1.29, 1.82) is 5.26 Å². The average molecular weight is 462 g/mol. The van der Waals surface area contributed by atoms with Crippen molar-refractivity contribution in [1.82, 2.24) is 15.2 Å². The van der Waals surface area contributed by atoms with Crippen LogP contribution in [0, 0.1) is 17.2 Å². The standard InChI is InChI=1S/C26H31N5O3/c1-3-30(4-2)22(19-9-6-5-7-10-19)18-28-24(32)20-12-14-31(15-13-20)26-21(17-27)29-25(34-26)23-11-8-16-33-23/h5-11,16,20,22H,3-4,12-15,18H2,1-2H3,(H,28,32). The van der Waals surface area contributed by atoms with Crippen molar-refractivity contribution in [2.75, 3.05) is 37.6 Å². The molecule has 178 valence electrons. The minimum Gasteiger partial charge on any atom is -0.459 e. The second kappa shape index (κ2) is 11.0. The molecule has 1 aliphatic rings. The highest BCUT2D eigenvalue weighted by Gasteiger charge is 2.30. The van der Waals surface area contributed by atoms with Crippen LogP contribution in [0.4, 0.5) is 5.88 Å². The van der Waals surface area contributed by atoms with Gasteiger partial charge in [0.1, 0.15) is 6.07 Å². The minimum absolute atomic E-state index is 0.0672. The van der Waals surface area contributed by atoms with E-state index in [9.17, 15) is 10.1 Å². The summed E-state index contributed by atoms with van der Waals surface area (Å²) in [6.07, 6.45) is 2.92. The maximum absolute atomic E-state index is 13.0. The van der Waals surface area contributed by atoms with E-state index >= 15 is 0 Å². The van der Waals surface area contributed by atoms with Crippen molar-refractivity contribution in [3.63, 3.8) is 0 Å². The lowest BCUT2D eigenvalue weighted by Gasteiger charge is -2.33. The summed E-state index contributed by atoms with van der Waals surface area (Å²) in [5.41, 5.74) is 1.45. The number of hydrogen-bond donors (Lipinski definition) is 1. The van der Waals surface area contributed by atoms with E-state index in [0.29, 0.717) is 50.0 Å². The summed E-state index contributed by atoms with van der Waals surface area (Å²) in [6.45, 7) is 7.96. The van der Waals surface area contributed by atoms with Crippen LogP contribution in [0.1, 0.15) is 44.0 Å². The van der Waals surface area contributed by atoms with E-state index in [0.717, 1.165) is 13.1 Å². The molecule has 1 unspecified atom stereocenters. The lowest BCUT2D eigenvalue weighted by molar-refractivity contribution is -0.125. The Bertz CT molecular complexity index is 1090. The molecule has 1 aromatic carbocycles. The smallest absolute Gasteiger partial charge is 0.266 e. The molecule has 1 amide bonds. The van der Waals surface area contributed by atoms with Crippen molar-refractivity contribution in [3.8, 4) is 17.7 Å². The molecule has 3 aromatic rings. The molecule has 34 heavy (non-hydrogen) atoms. The zero-order chi connectivity index (χ0) is 23.9. The van der Waals surface area contributed by atoms with E-state index in [1.807, 2.05) is 23.1 Å². The molecule has 3 heterocycles. The quantitative estimate of drug-likeness (QED) is 0.509. The number of hydrogen-bond acceptors (Lipinski definition) is 7. The van der Waals surface area contributed by atoms with Crippen LogP contribution in [-0.2, 0) is 4.79 Å². The number of piperidine rings is 1. The summed E-state index contributed by atoms with van der Waals surface area (Å²) in [5.74, 6) is 1.24. The SMILES string of the molecule is CCN(CC)C(CNC(=O)C1CCN(c2oc(-c3ccco3)nc2C#N)CC1)c1ccccc1. The van der Waals surface area contributed by atoms with Crippen LogP contribution >= 0.6 is 0 Å². The Morgan fingerprint density at radius 2 is 1.94 bits per heavy atom. The number of likely N-dealkylation sites (N-methyl/N-ethyl adjacent to an activating group) is 1. The van der Waals surface area contributed by atoms with E-state index in [4.69, 9.17) is 8.83 Å². The van der Waals surface area contributed by atoms with Crippen molar-refractivity contribution < 1.29 is 13.6 Å². The summed E-state index contributed by atoms with van der Waals surface area (Å²) in [6, 6.07) is 16.1. The molecule has 1 saturated heterocycles. The molecule has 1 atom stereocenters. The van der Waals surface area contributed by atoms with Crippen LogP contribution in [0.2, 0.25) is 0 Å². The predicted molar refractivity (Wildman–Crippen MR) is 129 cm³/mol. The Kier molecular flexibility index (Phi) is 7.65. The summed E-state index contributed by atoms with van der Waals surface area (Å²) in [5, 5.41) is 12.7. The van der Waals surface area contributed by atoms with E-state index in [1.165, 1.54) is 11.8 Å². The van der Waals surface area contributed by atoms with Gasteiger partial charge in [0, 0.05) is 25.6 Å². The van der Waals surface area contributed by atoms with Gasteiger partial charge in [0.15, 0.2) is 5.76 Å². The highest BCUT2D eigenvalue weighted by Crippen LogP contribution is 2.31. The molecule has 2 aromatic heterocycles. The monoisotopic (exact) mass is 461 g/mol. The molecule has 4 rings (SSSR count). The van der Waals surface area contributed by atoms with Crippen LogP contribution in [-0.4, -0.2) is 48.5 Å². The van der Waals surface area contributed by atoms with Crippen molar-refractivity contribution in [2.45, 2.75) is 32.7 Å². The fourth-order valence-electron chi connectivity index (χ4n) is 4.59. The van der Waals surface area contributed by atoms with Gasteiger partial charge in [-0.2, -0.15) is 10.2 Å². The van der Waals surface area contributed by atoms with Gasteiger partial charge in [-0.15, -0.1) is 0 Å². The summed E-state index contributed by atoms with van der Waals surface area (Å²) >= 11 is 0.